The van der Waals surface area contributed by atoms with Crippen LogP contribution in [-0.2, 0) is 11.3 Å². The first-order chi connectivity index (χ1) is 15.1. The van der Waals surface area contributed by atoms with Gasteiger partial charge in [-0.05, 0) is 42.3 Å². The van der Waals surface area contributed by atoms with Crippen molar-refractivity contribution in [3.05, 3.63) is 89.1 Å². The van der Waals surface area contributed by atoms with Crippen LogP contribution >= 0.6 is 0 Å². The van der Waals surface area contributed by atoms with Crippen LogP contribution in [0.15, 0.2) is 66.9 Å². The van der Waals surface area contributed by atoms with Gasteiger partial charge in [0.2, 0.25) is 5.88 Å². The molecule has 0 fully saturated rings. The first-order valence-electron chi connectivity index (χ1n) is 9.88. The summed E-state index contributed by atoms with van der Waals surface area (Å²) in [5.41, 5.74) is 3.33. The second kappa shape index (κ2) is 10.9. The van der Waals surface area contributed by atoms with Crippen molar-refractivity contribution in [3.63, 3.8) is 0 Å². The highest BCUT2D eigenvalue weighted by molar-refractivity contribution is 6.05. The van der Waals surface area contributed by atoms with Gasteiger partial charge < -0.3 is 20.1 Å². The second-order valence-corrected chi connectivity index (χ2v) is 6.88. The molecule has 160 valence electrons. The molecule has 7 nitrogen and oxygen atoms in total. The Bertz CT molecular complexity index is 1020. The van der Waals surface area contributed by atoms with Crippen molar-refractivity contribution in [1.29, 1.82) is 0 Å². The molecular formula is C24H25N3O4. The summed E-state index contributed by atoms with van der Waals surface area (Å²) in [6.45, 7) is 3.12. The van der Waals surface area contributed by atoms with Crippen molar-refractivity contribution in [3.8, 4) is 5.88 Å². The van der Waals surface area contributed by atoms with Crippen LogP contribution in [0.1, 0.15) is 31.8 Å². The van der Waals surface area contributed by atoms with E-state index in [-0.39, 0.29) is 11.8 Å². The van der Waals surface area contributed by atoms with Crippen molar-refractivity contribution >= 4 is 17.5 Å². The number of amides is 2. The lowest BCUT2D eigenvalue weighted by Crippen LogP contribution is -2.23. The molecule has 2 aromatic carbocycles. The Labute approximate surface area is 181 Å². The van der Waals surface area contributed by atoms with Crippen LogP contribution < -0.4 is 15.4 Å². The van der Waals surface area contributed by atoms with Gasteiger partial charge in [-0.3, -0.25) is 9.59 Å². The lowest BCUT2D eigenvalue weighted by molar-refractivity contribution is 0.0949. The van der Waals surface area contributed by atoms with Crippen LogP contribution in [0.5, 0.6) is 5.88 Å². The van der Waals surface area contributed by atoms with E-state index in [9.17, 15) is 9.59 Å². The molecule has 0 spiro atoms. The number of ether oxygens (including phenoxy) is 2. The van der Waals surface area contributed by atoms with Gasteiger partial charge in [-0.2, -0.15) is 0 Å². The molecule has 0 aliphatic heterocycles. The molecular weight excluding hydrogens is 394 g/mol. The highest BCUT2D eigenvalue weighted by Gasteiger charge is 2.11. The monoisotopic (exact) mass is 419 g/mol. The molecule has 7 heteroatoms. The van der Waals surface area contributed by atoms with Crippen molar-refractivity contribution < 1.29 is 19.1 Å². The SMILES string of the molecule is COCCOc1ccc(CNC(=O)c2ccc(C)c(NC(=O)c3ccccc3)c2)cn1. The maximum Gasteiger partial charge on any atom is 0.255 e. The van der Waals surface area contributed by atoms with E-state index in [2.05, 4.69) is 15.6 Å². The van der Waals surface area contributed by atoms with Crippen molar-refractivity contribution in [2.45, 2.75) is 13.5 Å². The largest absolute Gasteiger partial charge is 0.475 e. The number of carbonyl (C=O) groups is 2. The molecule has 0 bridgehead atoms. The Morgan fingerprint density at radius 3 is 2.45 bits per heavy atom. The van der Waals surface area contributed by atoms with Gasteiger partial charge in [0.05, 0.1) is 6.61 Å². The zero-order valence-electron chi connectivity index (χ0n) is 17.6. The topological polar surface area (TPSA) is 89.5 Å². The van der Waals surface area contributed by atoms with Gasteiger partial charge in [-0.1, -0.05) is 30.3 Å². The summed E-state index contributed by atoms with van der Waals surface area (Å²) >= 11 is 0. The van der Waals surface area contributed by atoms with Crippen LogP contribution in [0.4, 0.5) is 5.69 Å². The number of nitrogens with one attached hydrogen (secondary N) is 2. The summed E-state index contributed by atoms with van der Waals surface area (Å²) in [7, 11) is 1.61. The highest BCUT2D eigenvalue weighted by atomic mass is 16.5. The Hall–Kier alpha value is -3.71. The minimum atomic E-state index is -0.240. The summed E-state index contributed by atoms with van der Waals surface area (Å²) in [6.07, 6.45) is 1.66. The molecule has 0 atom stereocenters. The van der Waals surface area contributed by atoms with Gasteiger partial charge in [-0.15, -0.1) is 0 Å². The Kier molecular flexibility index (Phi) is 7.73. The third-order valence-electron chi connectivity index (χ3n) is 4.57. The van der Waals surface area contributed by atoms with Crippen LogP contribution in [0, 0.1) is 6.92 Å². The summed E-state index contributed by atoms with van der Waals surface area (Å²) in [5.74, 6) is 0.0419. The predicted molar refractivity (Wildman–Crippen MR) is 118 cm³/mol. The molecule has 2 amide bonds. The van der Waals surface area contributed by atoms with Crippen molar-refractivity contribution in [2.24, 2.45) is 0 Å². The Balaban J connectivity index is 1.59. The average molecular weight is 419 g/mol. The van der Waals surface area contributed by atoms with E-state index in [1.54, 1.807) is 55.8 Å². The lowest BCUT2D eigenvalue weighted by Gasteiger charge is -2.11. The molecule has 1 heterocycles. The predicted octanol–water partition coefficient (Wildman–Crippen LogP) is 3.60. The molecule has 3 rings (SSSR count). The average Bonchev–Trinajstić information content (AvgIpc) is 2.80. The molecule has 0 radical (unpaired) electrons. The third kappa shape index (κ3) is 6.38. The Morgan fingerprint density at radius 2 is 1.74 bits per heavy atom. The first kappa shape index (κ1) is 22.0. The number of methoxy groups -OCH3 is 1. The minimum absolute atomic E-state index is 0.222. The van der Waals surface area contributed by atoms with Gasteiger partial charge in [0.25, 0.3) is 11.8 Å². The smallest absolute Gasteiger partial charge is 0.255 e. The van der Waals surface area contributed by atoms with E-state index in [1.165, 1.54) is 0 Å². The standard InChI is InChI=1S/C24H25N3O4/c1-17-8-10-20(14-21(17)27-24(29)19-6-4-3-5-7-19)23(28)26-16-18-9-11-22(25-15-18)31-13-12-30-2/h3-11,14-15H,12-13,16H2,1-2H3,(H,26,28)(H,27,29). The summed E-state index contributed by atoms with van der Waals surface area (Å²) < 4.78 is 10.4. The van der Waals surface area contributed by atoms with Crippen molar-refractivity contribution in [1.82, 2.24) is 10.3 Å². The van der Waals surface area contributed by atoms with E-state index in [1.807, 2.05) is 25.1 Å². The summed E-state index contributed by atoms with van der Waals surface area (Å²) in [5, 5.41) is 5.74. The minimum Gasteiger partial charge on any atom is -0.475 e. The van der Waals surface area contributed by atoms with Gasteiger partial charge in [-0.25, -0.2) is 4.98 Å². The molecule has 0 aliphatic rings. The molecule has 2 N–H and O–H groups in total. The van der Waals surface area contributed by atoms with Gasteiger partial charge >= 0.3 is 0 Å². The van der Waals surface area contributed by atoms with Crippen LogP contribution in [-0.4, -0.2) is 37.1 Å². The van der Waals surface area contributed by atoms with Gasteiger partial charge in [0.1, 0.15) is 6.61 Å². The fourth-order valence-corrected chi connectivity index (χ4v) is 2.80. The van der Waals surface area contributed by atoms with Gasteiger partial charge in [0.15, 0.2) is 0 Å². The second-order valence-electron chi connectivity index (χ2n) is 6.88. The lowest BCUT2D eigenvalue weighted by atomic mass is 10.1. The number of pyridine rings is 1. The molecule has 0 saturated heterocycles. The normalized spacial score (nSPS) is 10.4. The van der Waals surface area contributed by atoms with E-state index in [4.69, 9.17) is 9.47 Å². The van der Waals surface area contributed by atoms with Crippen molar-refractivity contribution in [2.75, 3.05) is 25.6 Å². The molecule has 3 aromatic rings. The zero-order chi connectivity index (χ0) is 22.1. The maximum atomic E-state index is 12.6. The Morgan fingerprint density at radius 1 is 0.935 bits per heavy atom. The first-order valence-corrected chi connectivity index (χ1v) is 9.88. The number of benzene rings is 2. The maximum absolute atomic E-state index is 12.6. The molecule has 31 heavy (non-hydrogen) atoms. The number of rotatable bonds is 9. The number of nitrogens with zero attached hydrogens (tertiary/aromatic N) is 1. The molecule has 1 aromatic heterocycles. The number of carbonyl (C=O) groups excluding carboxylic acids is 2. The number of aromatic nitrogens is 1. The van der Waals surface area contributed by atoms with E-state index < -0.39 is 0 Å². The van der Waals surface area contributed by atoms with Crippen LogP contribution in [0.3, 0.4) is 0 Å². The van der Waals surface area contributed by atoms with Crippen LogP contribution in [0.25, 0.3) is 0 Å². The summed E-state index contributed by atoms with van der Waals surface area (Å²) in [6, 6.07) is 17.7. The number of hydrogen-bond acceptors (Lipinski definition) is 5. The van der Waals surface area contributed by atoms with Gasteiger partial charge in [0, 0.05) is 42.7 Å². The number of aryl methyl sites for hydroxylation is 1. The fraction of sp³-hybridized carbons (Fsp3) is 0.208. The number of hydrogen-bond donors (Lipinski definition) is 2. The fourth-order valence-electron chi connectivity index (χ4n) is 2.80. The summed E-state index contributed by atoms with van der Waals surface area (Å²) in [4.78, 5) is 29.2. The van der Waals surface area contributed by atoms with E-state index in [0.717, 1.165) is 11.1 Å². The molecule has 0 saturated carbocycles. The number of anilines is 1. The van der Waals surface area contributed by atoms with E-state index in [0.29, 0.717) is 42.5 Å². The quantitative estimate of drug-likeness (QED) is 0.518. The van der Waals surface area contributed by atoms with E-state index >= 15 is 0 Å². The third-order valence-corrected chi connectivity index (χ3v) is 4.57. The molecule has 0 unspecified atom stereocenters. The van der Waals surface area contributed by atoms with Crippen LogP contribution in [0.2, 0.25) is 0 Å². The molecule has 0 aliphatic carbocycles. The zero-order valence-corrected chi connectivity index (χ0v) is 17.6. The highest BCUT2D eigenvalue weighted by Crippen LogP contribution is 2.18.